The Labute approximate surface area is 292 Å². The van der Waals surface area contributed by atoms with Gasteiger partial charge < -0.3 is 31.2 Å². The number of hydrogen-bond donors (Lipinski definition) is 5. The van der Waals surface area contributed by atoms with Crippen LogP contribution < -0.4 is 21.3 Å². The molecule has 0 aliphatic carbocycles. The highest BCUT2D eigenvalue weighted by molar-refractivity contribution is 6.05. The Morgan fingerprint density at radius 3 is 2.28 bits per heavy atom. The number of amides is 5. The summed E-state index contributed by atoms with van der Waals surface area (Å²) in [6, 6.07) is 21.1. The van der Waals surface area contributed by atoms with Crippen LogP contribution in [0.5, 0.6) is 0 Å². The first-order chi connectivity index (χ1) is 24.1. The van der Waals surface area contributed by atoms with Crippen molar-refractivity contribution in [2.24, 2.45) is 5.92 Å². The second-order valence-corrected chi connectivity index (χ2v) is 13.3. The molecular formula is C39H46N6O5. The molecule has 11 heteroatoms. The number of carbonyl (C=O) groups excluding carboxylic acids is 5. The van der Waals surface area contributed by atoms with E-state index in [9.17, 15) is 24.0 Å². The topological polar surface area (TPSA) is 152 Å². The quantitative estimate of drug-likeness (QED) is 0.201. The van der Waals surface area contributed by atoms with Crippen molar-refractivity contribution in [1.29, 1.82) is 0 Å². The molecule has 3 heterocycles. The Hall–Kier alpha value is -5.45. The molecule has 11 nitrogen and oxygen atoms in total. The normalized spacial score (nSPS) is 20.1. The van der Waals surface area contributed by atoms with Gasteiger partial charge in [0.15, 0.2) is 0 Å². The largest absolute Gasteiger partial charge is 0.361 e. The van der Waals surface area contributed by atoms with Crippen LogP contribution in [0.3, 0.4) is 0 Å². The minimum absolute atomic E-state index is 0.0625. The van der Waals surface area contributed by atoms with Crippen molar-refractivity contribution >= 4 is 40.4 Å². The number of nitrogens with zero attached hydrogens (tertiary/aromatic N) is 1. The maximum Gasteiger partial charge on any atom is 0.256 e. The van der Waals surface area contributed by atoms with E-state index < -0.39 is 35.8 Å². The number of aromatic nitrogens is 1. The van der Waals surface area contributed by atoms with Crippen LogP contribution in [-0.2, 0) is 27.3 Å². The highest BCUT2D eigenvalue weighted by Crippen LogP contribution is 2.21. The summed E-state index contributed by atoms with van der Waals surface area (Å²) in [5.41, 5.74) is 3.35. The first-order valence-corrected chi connectivity index (χ1v) is 17.3. The molecule has 4 aromatic rings. The maximum atomic E-state index is 13.9. The summed E-state index contributed by atoms with van der Waals surface area (Å²) in [6.45, 7) is 6.59. The van der Waals surface area contributed by atoms with Crippen LogP contribution >= 0.6 is 0 Å². The molecule has 0 saturated carbocycles. The van der Waals surface area contributed by atoms with Gasteiger partial charge in [0.1, 0.15) is 18.1 Å². The number of fused-ring (bicyclic) bond motifs is 19. The Morgan fingerprint density at radius 2 is 1.54 bits per heavy atom. The first kappa shape index (κ1) is 35.8. The minimum atomic E-state index is -0.981. The Bertz CT molecular complexity index is 1800. The summed E-state index contributed by atoms with van der Waals surface area (Å²) < 4.78 is 0. The highest BCUT2D eigenvalue weighted by atomic mass is 16.2. The predicted octanol–water partition coefficient (Wildman–Crippen LogP) is 4.10. The second kappa shape index (κ2) is 16.8. The van der Waals surface area contributed by atoms with Gasteiger partial charge in [-0.3, -0.25) is 24.0 Å². The zero-order chi connectivity index (χ0) is 35.6. The van der Waals surface area contributed by atoms with Crippen LogP contribution in [-0.4, -0.2) is 70.6 Å². The van der Waals surface area contributed by atoms with Gasteiger partial charge >= 0.3 is 0 Å². The molecule has 50 heavy (non-hydrogen) atoms. The summed E-state index contributed by atoms with van der Waals surface area (Å²) in [5.74, 6) is -1.85. The molecule has 2 aliphatic rings. The van der Waals surface area contributed by atoms with Crippen molar-refractivity contribution < 1.29 is 24.0 Å². The van der Waals surface area contributed by atoms with Crippen molar-refractivity contribution in [1.82, 2.24) is 31.2 Å². The standard InChI is InChI=1S/C39H46N6O5/c1-25(2)22-32-37(48)42-26(3)35(46)41-19-7-8-21-45(39(50)31-13-9-12-29-18-20-40-34(29)31)24-28-14-16-30(17-15-28)36(47)43-33(38(49)44-32)23-27-10-5-4-6-11-27/h4-6,9-18,20,25-26,32-33,40H,7-8,19,21-24H2,1-3H3,(H,41,46)(H,42,48)(H,43,47)(H,44,49)/t26-,32+,33-/m1/s1. The summed E-state index contributed by atoms with van der Waals surface area (Å²) in [4.78, 5) is 72.6. The van der Waals surface area contributed by atoms with Crippen LogP contribution in [0.25, 0.3) is 10.9 Å². The molecule has 3 atom stereocenters. The van der Waals surface area contributed by atoms with Crippen LogP contribution in [0, 0.1) is 5.92 Å². The number of nitrogens with one attached hydrogen (secondary N) is 5. The number of hydrogen-bond acceptors (Lipinski definition) is 5. The van der Waals surface area contributed by atoms with E-state index >= 15 is 0 Å². The molecule has 0 fully saturated rings. The lowest BCUT2D eigenvalue weighted by Gasteiger charge is -2.25. The number of para-hydroxylation sites is 1. The summed E-state index contributed by atoms with van der Waals surface area (Å²) in [6.07, 6.45) is 3.58. The van der Waals surface area contributed by atoms with E-state index in [0.29, 0.717) is 50.0 Å². The van der Waals surface area contributed by atoms with Gasteiger partial charge in [0.05, 0.1) is 11.1 Å². The third-order valence-corrected chi connectivity index (χ3v) is 8.85. The fraction of sp³-hybridized carbons (Fsp3) is 0.359. The molecular weight excluding hydrogens is 632 g/mol. The third-order valence-electron chi connectivity index (χ3n) is 8.85. The summed E-state index contributed by atoms with van der Waals surface area (Å²) in [5, 5.41) is 12.3. The molecule has 3 aromatic carbocycles. The molecule has 2 bridgehead atoms. The Morgan fingerprint density at radius 1 is 0.800 bits per heavy atom. The van der Waals surface area contributed by atoms with Crippen LogP contribution in [0.2, 0.25) is 0 Å². The first-order valence-electron chi connectivity index (χ1n) is 17.3. The van der Waals surface area contributed by atoms with E-state index in [0.717, 1.165) is 22.0 Å². The third kappa shape index (κ3) is 9.37. The van der Waals surface area contributed by atoms with Crippen LogP contribution in [0.4, 0.5) is 0 Å². The summed E-state index contributed by atoms with van der Waals surface area (Å²) >= 11 is 0. The van der Waals surface area contributed by atoms with Gasteiger partial charge in [0, 0.05) is 43.2 Å². The molecule has 0 saturated heterocycles. The fourth-order valence-electron chi connectivity index (χ4n) is 6.12. The van der Waals surface area contributed by atoms with E-state index in [2.05, 4.69) is 26.3 Å². The van der Waals surface area contributed by atoms with Gasteiger partial charge in [0.25, 0.3) is 11.8 Å². The van der Waals surface area contributed by atoms with Crippen molar-refractivity contribution in [3.63, 3.8) is 0 Å². The SMILES string of the molecule is CC(C)C[C@@H]1NC(=O)[C@@H](Cc2ccccc2)NC(=O)c2ccc(cc2)CN(C(=O)c2cccc3cc[nH]c23)CCCCNC(=O)[C@@H](C)NC1=O. The number of H-pyrrole nitrogens is 1. The number of rotatable bonds is 5. The minimum Gasteiger partial charge on any atom is -0.361 e. The van der Waals surface area contributed by atoms with Crippen molar-refractivity contribution in [2.75, 3.05) is 13.1 Å². The molecule has 5 N–H and O–H groups in total. The van der Waals surface area contributed by atoms with Crippen molar-refractivity contribution in [3.05, 3.63) is 107 Å². The van der Waals surface area contributed by atoms with E-state index in [-0.39, 0.29) is 24.2 Å². The molecule has 0 radical (unpaired) electrons. The lowest BCUT2D eigenvalue weighted by atomic mass is 10.0. The molecule has 0 spiro atoms. The maximum absolute atomic E-state index is 13.9. The van der Waals surface area contributed by atoms with Gasteiger partial charge in [-0.05, 0) is 67.5 Å². The number of aromatic amines is 1. The van der Waals surface area contributed by atoms with E-state index in [1.165, 1.54) is 0 Å². The van der Waals surface area contributed by atoms with E-state index in [1.54, 1.807) is 36.2 Å². The van der Waals surface area contributed by atoms with Crippen molar-refractivity contribution in [3.8, 4) is 0 Å². The molecule has 0 unspecified atom stereocenters. The fourth-order valence-corrected chi connectivity index (χ4v) is 6.12. The lowest BCUT2D eigenvalue weighted by Crippen LogP contribution is -2.57. The average Bonchev–Trinajstić information content (AvgIpc) is 3.59. The summed E-state index contributed by atoms with van der Waals surface area (Å²) in [7, 11) is 0. The predicted molar refractivity (Wildman–Crippen MR) is 192 cm³/mol. The molecule has 6 rings (SSSR count). The van der Waals surface area contributed by atoms with Crippen LogP contribution in [0.15, 0.2) is 85.1 Å². The molecule has 5 amide bonds. The Balaban J connectivity index is 1.42. The number of benzene rings is 3. The zero-order valence-corrected chi connectivity index (χ0v) is 28.8. The van der Waals surface area contributed by atoms with Crippen molar-refractivity contribution in [2.45, 2.75) is 71.1 Å². The molecule has 2 aliphatic heterocycles. The average molecular weight is 679 g/mol. The zero-order valence-electron chi connectivity index (χ0n) is 28.8. The van der Waals surface area contributed by atoms with E-state index in [1.807, 2.05) is 74.5 Å². The van der Waals surface area contributed by atoms with Gasteiger partial charge in [-0.1, -0.05) is 68.4 Å². The van der Waals surface area contributed by atoms with Gasteiger partial charge in [-0.25, -0.2) is 0 Å². The smallest absolute Gasteiger partial charge is 0.256 e. The van der Waals surface area contributed by atoms with Gasteiger partial charge in [-0.15, -0.1) is 0 Å². The van der Waals surface area contributed by atoms with Gasteiger partial charge in [-0.2, -0.15) is 0 Å². The highest BCUT2D eigenvalue weighted by Gasteiger charge is 2.30. The molecule has 262 valence electrons. The number of carbonyl (C=O) groups is 5. The van der Waals surface area contributed by atoms with Crippen LogP contribution in [0.1, 0.15) is 71.9 Å². The second-order valence-electron chi connectivity index (χ2n) is 13.3. The van der Waals surface area contributed by atoms with E-state index in [4.69, 9.17) is 0 Å². The molecule has 1 aromatic heterocycles. The Kier molecular flexibility index (Phi) is 12.0. The monoisotopic (exact) mass is 678 g/mol. The van der Waals surface area contributed by atoms with Gasteiger partial charge in [0.2, 0.25) is 17.7 Å². The lowest BCUT2D eigenvalue weighted by molar-refractivity contribution is -0.132.